The quantitative estimate of drug-likeness (QED) is 0.706. The molecule has 1 aromatic heterocycles. The summed E-state index contributed by atoms with van der Waals surface area (Å²) in [6, 6.07) is 0. The minimum Gasteiger partial charge on any atom is -0.309 e. The van der Waals surface area contributed by atoms with Crippen LogP contribution in [0.4, 0.5) is 0 Å². The van der Waals surface area contributed by atoms with Crippen LogP contribution in [0.3, 0.4) is 0 Å². The lowest BCUT2D eigenvalue weighted by Crippen LogP contribution is -2.13. The summed E-state index contributed by atoms with van der Waals surface area (Å²) < 4.78 is 0. The smallest absolute Gasteiger partial charge is 0.0929 e. The highest BCUT2D eigenvalue weighted by molar-refractivity contribution is 7.09. The molecular weight excluding hydrogens is 204 g/mol. The Bertz CT molecular complexity index is 248. The minimum atomic E-state index is 0.532. The van der Waals surface area contributed by atoms with Gasteiger partial charge in [0.25, 0.3) is 0 Å². The van der Waals surface area contributed by atoms with E-state index in [1.807, 2.05) is 5.38 Å². The Morgan fingerprint density at radius 3 is 2.85 bits per heavy atom. The van der Waals surface area contributed by atoms with Crippen LogP contribution in [-0.4, -0.2) is 30.5 Å². The highest BCUT2D eigenvalue weighted by Gasteiger charge is 2.00. The van der Waals surface area contributed by atoms with Crippen molar-refractivity contribution in [1.29, 1.82) is 0 Å². The van der Waals surface area contributed by atoms with E-state index in [0.717, 1.165) is 18.7 Å². The molecule has 4 heteroatoms. The molecule has 1 rings (SSSR count). The van der Waals surface area contributed by atoms with Gasteiger partial charge in [-0.25, -0.2) is 4.98 Å². The van der Waals surface area contributed by atoms with Crippen LogP contribution in [0, 0.1) is 0 Å². The third-order valence-corrected chi connectivity index (χ3v) is 2.96. The zero-order valence-electron chi connectivity index (χ0n) is 8.09. The van der Waals surface area contributed by atoms with Crippen LogP contribution in [0.1, 0.15) is 17.1 Å². The second-order valence-electron chi connectivity index (χ2n) is 3.27. The average molecular weight is 219 g/mol. The molecule has 0 aliphatic heterocycles. The van der Waals surface area contributed by atoms with E-state index >= 15 is 0 Å². The lowest BCUT2D eigenvalue weighted by atomic mass is 10.3. The van der Waals surface area contributed by atoms with Crippen LogP contribution in [0.2, 0.25) is 0 Å². The monoisotopic (exact) mass is 218 g/mol. The van der Waals surface area contributed by atoms with Gasteiger partial charge in [0.2, 0.25) is 0 Å². The Morgan fingerprint density at radius 2 is 2.31 bits per heavy atom. The Labute approximate surface area is 88.5 Å². The number of hydrogen-bond donors (Lipinski definition) is 0. The van der Waals surface area contributed by atoms with Gasteiger partial charge >= 0.3 is 0 Å². The molecule has 0 saturated heterocycles. The van der Waals surface area contributed by atoms with Crippen LogP contribution >= 0.6 is 22.9 Å². The average Bonchev–Trinajstić information content (AvgIpc) is 2.52. The molecule has 0 atom stereocenters. The van der Waals surface area contributed by atoms with Gasteiger partial charge in [0.1, 0.15) is 0 Å². The number of nitrogens with zero attached hydrogens (tertiary/aromatic N) is 2. The van der Waals surface area contributed by atoms with E-state index in [4.69, 9.17) is 11.6 Å². The maximum atomic E-state index is 5.66. The molecule has 2 nitrogen and oxygen atoms in total. The molecule has 0 unspecified atom stereocenters. The zero-order chi connectivity index (χ0) is 9.68. The fourth-order valence-corrected chi connectivity index (χ4v) is 2.14. The first-order valence-corrected chi connectivity index (χ1v) is 5.77. The van der Waals surface area contributed by atoms with Gasteiger partial charge in [0.15, 0.2) is 0 Å². The third-order valence-electron chi connectivity index (χ3n) is 1.73. The summed E-state index contributed by atoms with van der Waals surface area (Å²) in [6.45, 7) is 1.12. The van der Waals surface area contributed by atoms with E-state index in [-0.39, 0.29) is 0 Å². The summed E-state index contributed by atoms with van der Waals surface area (Å²) in [5.41, 5.74) is 1.01. The maximum Gasteiger partial charge on any atom is 0.0929 e. The molecule has 74 valence electrons. The lowest BCUT2D eigenvalue weighted by molar-refractivity contribution is 0.400. The molecule has 0 bridgehead atoms. The summed E-state index contributed by atoms with van der Waals surface area (Å²) in [4.78, 5) is 6.58. The van der Waals surface area contributed by atoms with Crippen molar-refractivity contribution < 1.29 is 0 Å². The number of thiazole rings is 1. The van der Waals surface area contributed by atoms with Crippen LogP contribution in [0.25, 0.3) is 0 Å². The number of aryl methyl sites for hydroxylation is 1. The summed E-state index contributed by atoms with van der Waals surface area (Å²) in [5, 5.41) is 3.25. The Balaban J connectivity index is 2.28. The Kier molecular flexibility index (Phi) is 4.70. The highest BCUT2D eigenvalue weighted by atomic mass is 35.5. The SMILES string of the molecule is CN(C)CCCc1nc(CCl)cs1. The number of rotatable bonds is 5. The highest BCUT2D eigenvalue weighted by Crippen LogP contribution is 2.13. The van der Waals surface area contributed by atoms with E-state index in [1.165, 1.54) is 11.4 Å². The fourth-order valence-electron chi connectivity index (χ4n) is 1.07. The van der Waals surface area contributed by atoms with Gasteiger partial charge in [-0.3, -0.25) is 0 Å². The molecule has 13 heavy (non-hydrogen) atoms. The van der Waals surface area contributed by atoms with Crippen molar-refractivity contribution in [3.63, 3.8) is 0 Å². The minimum absolute atomic E-state index is 0.532. The van der Waals surface area contributed by atoms with Crippen molar-refractivity contribution in [2.24, 2.45) is 0 Å². The molecule has 0 fully saturated rings. The number of hydrogen-bond acceptors (Lipinski definition) is 3. The van der Waals surface area contributed by atoms with Crippen LogP contribution < -0.4 is 0 Å². The maximum absolute atomic E-state index is 5.66. The predicted molar refractivity (Wildman–Crippen MR) is 58.5 cm³/mol. The number of aromatic nitrogens is 1. The molecule has 1 heterocycles. The largest absolute Gasteiger partial charge is 0.309 e. The van der Waals surface area contributed by atoms with Gasteiger partial charge in [-0.2, -0.15) is 0 Å². The molecule has 0 amide bonds. The Hall–Kier alpha value is -0.120. The third kappa shape index (κ3) is 4.07. The Morgan fingerprint density at radius 1 is 1.54 bits per heavy atom. The summed E-state index contributed by atoms with van der Waals surface area (Å²) >= 11 is 7.37. The van der Waals surface area contributed by atoms with Gasteiger partial charge in [0, 0.05) is 11.8 Å². The van der Waals surface area contributed by atoms with Gasteiger partial charge in [-0.05, 0) is 27.1 Å². The van der Waals surface area contributed by atoms with Crippen molar-refractivity contribution in [3.05, 3.63) is 16.1 Å². The van der Waals surface area contributed by atoms with Crippen LogP contribution in [0.5, 0.6) is 0 Å². The molecule has 0 aliphatic carbocycles. The second-order valence-corrected chi connectivity index (χ2v) is 4.48. The molecule has 0 spiro atoms. The normalized spacial score (nSPS) is 11.1. The first-order chi connectivity index (χ1) is 6.22. The molecule has 0 saturated carbocycles. The van der Waals surface area contributed by atoms with Crippen molar-refractivity contribution in [1.82, 2.24) is 9.88 Å². The predicted octanol–water partition coefficient (Wildman–Crippen LogP) is 2.38. The molecular formula is C9H15ClN2S. The van der Waals surface area contributed by atoms with Gasteiger partial charge in [-0.1, -0.05) is 0 Å². The second kappa shape index (κ2) is 5.58. The van der Waals surface area contributed by atoms with E-state index in [1.54, 1.807) is 11.3 Å². The standard InChI is InChI=1S/C9H15ClN2S/c1-12(2)5-3-4-9-11-8(6-10)7-13-9/h7H,3-6H2,1-2H3. The summed E-state index contributed by atoms with van der Waals surface area (Å²) in [6.07, 6.45) is 2.24. The molecule has 0 aromatic carbocycles. The van der Waals surface area contributed by atoms with E-state index in [2.05, 4.69) is 24.0 Å². The first kappa shape index (κ1) is 11.0. The molecule has 0 N–H and O–H groups in total. The van der Waals surface area contributed by atoms with E-state index in [9.17, 15) is 0 Å². The zero-order valence-corrected chi connectivity index (χ0v) is 9.66. The lowest BCUT2D eigenvalue weighted by Gasteiger charge is -2.07. The molecule has 1 aromatic rings. The summed E-state index contributed by atoms with van der Waals surface area (Å²) in [5.74, 6) is 0.532. The van der Waals surface area contributed by atoms with Crippen LogP contribution in [-0.2, 0) is 12.3 Å². The van der Waals surface area contributed by atoms with Crippen molar-refractivity contribution >= 4 is 22.9 Å². The van der Waals surface area contributed by atoms with Crippen molar-refractivity contribution in [2.45, 2.75) is 18.7 Å². The number of halogens is 1. The topological polar surface area (TPSA) is 16.1 Å². The number of alkyl halides is 1. The molecule has 0 aliphatic rings. The fraction of sp³-hybridized carbons (Fsp3) is 0.667. The summed E-state index contributed by atoms with van der Waals surface area (Å²) in [7, 11) is 4.18. The van der Waals surface area contributed by atoms with Crippen molar-refractivity contribution in [2.75, 3.05) is 20.6 Å². The van der Waals surface area contributed by atoms with Gasteiger partial charge < -0.3 is 4.90 Å². The first-order valence-electron chi connectivity index (χ1n) is 4.36. The van der Waals surface area contributed by atoms with E-state index < -0.39 is 0 Å². The van der Waals surface area contributed by atoms with Crippen molar-refractivity contribution in [3.8, 4) is 0 Å². The van der Waals surface area contributed by atoms with E-state index in [0.29, 0.717) is 5.88 Å². The van der Waals surface area contributed by atoms with Crippen LogP contribution in [0.15, 0.2) is 5.38 Å². The molecule has 0 radical (unpaired) electrons. The van der Waals surface area contributed by atoms with Gasteiger partial charge in [-0.15, -0.1) is 22.9 Å². The van der Waals surface area contributed by atoms with Gasteiger partial charge in [0.05, 0.1) is 16.6 Å².